The molecule has 3 nitrogen and oxygen atoms in total. The second kappa shape index (κ2) is 4.84. The SMILES string of the molecule is CCCC(O)CCC1C(O)CC2C(=O)CC21. The Balaban J connectivity index is 1.79. The fourth-order valence-electron chi connectivity index (χ4n) is 3.35. The van der Waals surface area contributed by atoms with Crippen LogP contribution in [0.1, 0.15) is 45.4 Å². The zero-order valence-electron chi connectivity index (χ0n) is 9.93. The van der Waals surface area contributed by atoms with E-state index >= 15 is 0 Å². The molecule has 2 aliphatic rings. The van der Waals surface area contributed by atoms with Crippen molar-refractivity contribution in [3.8, 4) is 0 Å². The molecule has 0 saturated heterocycles. The van der Waals surface area contributed by atoms with Crippen molar-refractivity contribution in [1.29, 1.82) is 0 Å². The van der Waals surface area contributed by atoms with Gasteiger partial charge in [0.1, 0.15) is 5.78 Å². The number of hydrogen-bond acceptors (Lipinski definition) is 3. The van der Waals surface area contributed by atoms with Crippen LogP contribution in [0.3, 0.4) is 0 Å². The molecule has 0 aromatic carbocycles. The van der Waals surface area contributed by atoms with Crippen molar-refractivity contribution in [3.05, 3.63) is 0 Å². The molecule has 2 fully saturated rings. The fourth-order valence-corrected chi connectivity index (χ4v) is 3.35. The van der Waals surface area contributed by atoms with Crippen LogP contribution >= 0.6 is 0 Å². The third-order valence-corrected chi connectivity index (χ3v) is 4.36. The molecule has 5 unspecified atom stereocenters. The maximum Gasteiger partial charge on any atom is 0.136 e. The van der Waals surface area contributed by atoms with Gasteiger partial charge >= 0.3 is 0 Å². The molecule has 5 atom stereocenters. The molecule has 0 spiro atoms. The third kappa shape index (κ3) is 2.16. The van der Waals surface area contributed by atoms with Crippen LogP contribution < -0.4 is 0 Å². The largest absolute Gasteiger partial charge is 0.393 e. The summed E-state index contributed by atoms with van der Waals surface area (Å²) in [6, 6.07) is 0. The number of carbonyl (C=O) groups is 1. The number of Topliss-reactive ketones (excluding diaryl/α,β-unsaturated/α-hetero) is 1. The maximum absolute atomic E-state index is 11.3. The van der Waals surface area contributed by atoms with Crippen LogP contribution in [0.2, 0.25) is 0 Å². The van der Waals surface area contributed by atoms with Gasteiger partial charge in [0, 0.05) is 12.3 Å². The third-order valence-electron chi connectivity index (χ3n) is 4.36. The highest BCUT2D eigenvalue weighted by Gasteiger charge is 2.52. The second-order valence-corrected chi connectivity index (χ2v) is 5.43. The van der Waals surface area contributed by atoms with Gasteiger partial charge in [-0.05, 0) is 37.5 Å². The van der Waals surface area contributed by atoms with Crippen molar-refractivity contribution < 1.29 is 15.0 Å². The summed E-state index contributed by atoms with van der Waals surface area (Å²) in [7, 11) is 0. The average molecular weight is 226 g/mol. The van der Waals surface area contributed by atoms with Crippen LogP contribution in [0.4, 0.5) is 0 Å². The molecule has 2 aliphatic carbocycles. The number of carbonyl (C=O) groups excluding carboxylic acids is 1. The summed E-state index contributed by atoms with van der Waals surface area (Å²) in [6.45, 7) is 2.06. The van der Waals surface area contributed by atoms with Gasteiger partial charge < -0.3 is 10.2 Å². The lowest BCUT2D eigenvalue weighted by Gasteiger charge is -2.32. The van der Waals surface area contributed by atoms with E-state index in [4.69, 9.17) is 0 Å². The first-order chi connectivity index (χ1) is 7.63. The zero-order valence-corrected chi connectivity index (χ0v) is 9.93. The fraction of sp³-hybridized carbons (Fsp3) is 0.923. The Morgan fingerprint density at radius 2 is 2.19 bits per heavy atom. The average Bonchev–Trinajstić information content (AvgIpc) is 2.49. The van der Waals surface area contributed by atoms with Gasteiger partial charge in [-0.2, -0.15) is 0 Å². The molecule has 16 heavy (non-hydrogen) atoms. The van der Waals surface area contributed by atoms with Crippen molar-refractivity contribution in [2.45, 2.75) is 57.7 Å². The Kier molecular flexibility index (Phi) is 3.65. The highest BCUT2D eigenvalue weighted by Crippen LogP contribution is 2.49. The number of aliphatic hydroxyl groups is 2. The molecule has 0 heterocycles. The topological polar surface area (TPSA) is 57.5 Å². The lowest BCUT2D eigenvalue weighted by atomic mass is 9.70. The van der Waals surface area contributed by atoms with E-state index in [0.717, 1.165) is 25.7 Å². The van der Waals surface area contributed by atoms with Gasteiger partial charge in [-0.1, -0.05) is 13.3 Å². The summed E-state index contributed by atoms with van der Waals surface area (Å²) < 4.78 is 0. The molecule has 2 saturated carbocycles. The van der Waals surface area contributed by atoms with E-state index in [1.54, 1.807) is 0 Å². The molecule has 0 bridgehead atoms. The molecule has 2 N–H and O–H groups in total. The molecule has 92 valence electrons. The molecule has 3 heteroatoms. The summed E-state index contributed by atoms with van der Waals surface area (Å²) in [5, 5.41) is 19.6. The Bertz CT molecular complexity index is 264. The number of fused-ring (bicyclic) bond motifs is 1. The highest BCUT2D eigenvalue weighted by molar-refractivity contribution is 5.88. The molecule has 0 amide bonds. The quantitative estimate of drug-likeness (QED) is 0.747. The number of rotatable bonds is 5. The standard InChI is InChI=1S/C13H22O3/c1-2-3-8(14)4-5-9-10-6-13(16)11(10)7-12(9)15/h8-12,14-15H,2-7H2,1H3. The lowest BCUT2D eigenvalue weighted by Crippen LogP contribution is -2.36. The first-order valence-corrected chi connectivity index (χ1v) is 6.52. The normalized spacial score (nSPS) is 39.3. The molecule has 0 aromatic heterocycles. The summed E-state index contributed by atoms with van der Waals surface area (Å²) in [5.74, 6) is 1.15. The van der Waals surface area contributed by atoms with E-state index in [2.05, 4.69) is 6.92 Å². The van der Waals surface area contributed by atoms with E-state index in [1.165, 1.54) is 0 Å². The van der Waals surface area contributed by atoms with Crippen molar-refractivity contribution in [2.75, 3.05) is 0 Å². The van der Waals surface area contributed by atoms with E-state index in [9.17, 15) is 15.0 Å². The first-order valence-electron chi connectivity index (χ1n) is 6.52. The van der Waals surface area contributed by atoms with Gasteiger partial charge in [0.15, 0.2) is 0 Å². The van der Waals surface area contributed by atoms with E-state index in [0.29, 0.717) is 24.5 Å². The second-order valence-electron chi connectivity index (χ2n) is 5.43. The first kappa shape index (κ1) is 12.1. The van der Waals surface area contributed by atoms with Gasteiger partial charge in [0.25, 0.3) is 0 Å². The molecule has 0 radical (unpaired) electrons. The van der Waals surface area contributed by atoms with E-state index < -0.39 is 0 Å². The summed E-state index contributed by atoms with van der Waals surface area (Å²) in [6.07, 6.45) is 4.27. The van der Waals surface area contributed by atoms with Crippen molar-refractivity contribution in [2.24, 2.45) is 17.8 Å². The maximum atomic E-state index is 11.3. The molecule has 0 aliphatic heterocycles. The molecular weight excluding hydrogens is 204 g/mol. The van der Waals surface area contributed by atoms with Gasteiger partial charge in [-0.25, -0.2) is 0 Å². The number of aliphatic hydroxyl groups excluding tert-OH is 2. The zero-order chi connectivity index (χ0) is 11.7. The molecular formula is C13H22O3. The number of ketones is 1. The van der Waals surface area contributed by atoms with E-state index in [-0.39, 0.29) is 24.0 Å². The Labute approximate surface area is 96.9 Å². The van der Waals surface area contributed by atoms with Gasteiger partial charge in [0.2, 0.25) is 0 Å². The highest BCUT2D eigenvalue weighted by atomic mass is 16.3. The Hall–Kier alpha value is -0.410. The minimum absolute atomic E-state index is 0.142. The summed E-state index contributed by atoms with van der Waals surface area (Å²) in [4.78, 5) is 11.3. The minimum atomic E-state index is -0.310. The van der Waals surface area contributed by atoms with Gasteiger partial charge in [-0.3, -0.25) is 4.79 Å². The van der Waals surface area contributed by atoms with Crippen LogP contribution in [-0.2, 0) is 4.79 Å². The summed E-state index contributed by atoms with van der Waals surface area (Å²) >= 11 is 0. The Morgan fingerprint density at radius 3 is 2.75 bits per heavy atom. The van der Waals surface area contributed by atoms with Crippen LogP contribution in [0, 0.1) is 17.8 Å². The molecule has 0 aromatic rings. The van der Waals surface area contributed by atoms with Crippen LogP contribution in [0.5, 0.6) is 0 Å². The van der Waals surface area contributed by atoms with Gasteiger partial charge in [0.05, 0.1) is 12.2 Å². The smallest absolute Gasteiger partial charge is 0.136 e. The predicted octanol–water partition coefficient (Wildman–Crippen LogP) is 1.51. The van der Waals surface area contributed by atoms with Crippen LogP contribution in [0.15, 0.2) is 0 Å². The van der Waals surface area contributed by atoms with Crippen molar-refractivity contribution in [3.63, 3.8) is 0 Å². The van der Waals surface area contributed by atoms with Crippen LogP contribution in [-0.4, -0.2) is 28.2 Å². The van der Waals surface area contributed by atoms with E-state index in [1.807, 2.05) is 0 Å². The van der Waals surface area contributed by atoms with Gasteiger partial charge in [-0.15, -0.1) is 0 Å². The summed E-state index contributed by atoms with van der Waals surface area (Å²) in [5.41, 5.74) is 0. The molecule has 2 rings (SSSR count). The monoisotopic (exact) mass is 226 g/mol. The van der Waals surface area contributed by atoms with Crippen LogP contribution in [0.25, 0.3) is 0 Å². The minimum Gasteiger partial charge on any atom is -0.393 e. The van der Waals surface area contributed by atoms with Crippen molar-refractivity contribution >= 4 is 5.78 Å². The van der Waals surface area contributed by atoms with Crippen molar-refractivity contribution in [1.82, 2.24) is 0 Å². The Morgan fingerprint density at radius 1 is 1.44 bits per heavy atom. The number of hydrogen-bond donors (Lipinski definition) is 2. The predicted molar refractivity (Wildman–Crippen MR) is 60.9 cm³/mol. The lowest BCUT2D eigenvalue weighted by molar-refractivity contribution is -0.133.